The summed E-state index contributed by atoms with van der Waals surface area (Å²) >= 11 is 1.24. The van der Waals surface area contributed by atoms with Crippen molar-refractivity contribution in [2.75, 3.05) is 24.5 Å². The molecule has 3 rings (SSSR count). The Morgan fingerprint density at radius 3 is 2.80 bits per heavy atom. The standard InChI is InChI=1S/C16H17F3N4OS/c17-16(18,19)10-20-14(24)12-7-4-8-23(9-12)15-21-13(22-25-15)11-5-2-1-3-6-11/h1-3,5-6,12H,4,7-10H2,(H,20,24). The molecule has 0 bridgehead atoms. The summed E-state index contributed by atoms with van der Waals surface area (Å²) in [4.78, 5) is 18.4. The number of nitrogens with zero attached hydrogens (tertiary/aromatic N) is 3. The molecule has 0 radical (unpaired) electrons. The number of nitrogens with one attached hydrogen (secondary N) is 1. The van der Waals surface area contributed by atoms with Crippen LogP contribution in [0.15, 0.2) is 30.3 Å². The van der Waals surface area contributed by atoms with Gasteiger partial charge >= 0.3 is 6.18 Å². The van der Waals surface area contributed by atoms with Crippen molar-refractivity contribution in [3.05, 3.63) is 30.3 Å². The predicted molar refractivity (Wildman–Crippen MR) is 89.3 cm³/mol. The van der Waals surface area contributed by atoms with Gasteiger partial charge in [-0.05, 0) is 12.8 Å². The van der Waals surface area contributed by atoms with Gasteiger partial charge in [0, 0.05) is 30.2 Å². The molecular formula is C16H17F3N4OS. The number of carbonyl (C=O) groups is 1. The Bertz CT molecular complexity index is 720. The summed E-state index contributed by atoms with van der Waals surface area (Å²) in [6, 6.07) is 9.53. The van der Waals surface area contributed by atoms with Crippen LogP contribution in [0.3, 0.4) is 0 Å². The normalized spacial score (nSPS) is 18.2. The smallest absolute Gasteiger partial charge is 0.347 e. The Morgan fingerprint density at radius 2 is 2.08 bits per heavy atom. The highest BCUT2D eigenvalue weighted by Crippen LogP contribution is 2.28. The van der Waals surface area contributed by atoms with Crippen molar-refractivity contribution in [3.63, 3.8) is 0 Å². The highest BCUT2D eigenvalue weighted by atomic mass is 32.1. The lowest BCUT2D eigenvalue weighted by atomic mass is 9.97. The maximum Gasteiger partial charge on any atom is 0.405 e. The Labute approximate surface area is 147 Å². The van der Waals surface area contributed by atoms with E-state index >= 15 is 0 Å². The second-order valence-electron chi connectivity index (χ2n) is 5.88. The van der Waals surface area contributed by atoms with Gasteiger partial charge in [-0.1, -0.05) is 30.3 Å². The molecular weight excluding hydrogens is 353 g/mol. The highest BCUT2D eigenvalue weighted by Gasteiger charge is 2.32. The summed E-state index contributed by atoms with van der Waals surface area (Å²) in [5.41, 5.74) is 0.904. The molecule has 1 N–H and O–H groups in total. The first kappa shape index (κ1) is 17.7. The fourth-order valence-electron chi connectivity index (χ4n) is 2.74. The number of benzene rings is 1. The third-order valence-electron chi connectivity index (χ3n) is 3.97. The zero-order chi connectivity index (χ0) is 17.9. The van der Waals surface area contributed by atoms with Crippen molar-refractivity contribution >= 4 is 22.6 Å². The van der Waals surface area contributed by atoms with Crippen LogP contribution in [0.2, 0.25) is 0 Å². The van der Waals surface area contributed by atoms with Crippen molar-refractivity contribution < 1.29 is 18.0 Å². The first-order valence-corrected chi connectivity index (χ1v) is 8.68. The molecule has 1 saturated heterocycles. The molecule has 1 aliphatic rings. The molecule has 1 amide bonds. The monoisotopic (exact) mass is 370 g/mol. The van der Waals surface area contributed by atoms with Gasteiger partial charge in [0.2, 0.25) is 11.0 Å². The minimum atomic E-state index is -4.40. The third-order valence-corrected chi connectivity index (χ3v) is 4.75. The second kappa shape index (κ2) is 7.38. The maximum absolute atomic E-state index is 12.2. The van der Waals surface area contributed by atoms with Crippen molar-refractivity contribution in [1.82, 2.24) is 14.7 Å². The first-order valence-electron chi connectivity index (χ1n) is 7.91. The van der Waals surface area contributed by atoms with Gasteiger partial charge in [-0.3, -0.25) is 4.79 Å². The number of halogens is 3. The molecule has 1 fully saturated rings. The van der Waals surface area contributed by atoms with Crippen molar-refractivity contribution in [2.45, 2.75) is 19.0 Å². The van der Waals surface area contributed by atoms with Crippen molar-refractivity contribution in [1.29, 1.82) is 0 Å². The molecule has 2 aromatic rings. The number of piperidine rings is 1. The Morgan fingerprint density at radius 1 is 1.32 bits per heavy atom. The summed E-state index contributed by atoms with van der Waals surface area (Å²) < 4.78 is 41.1. The minimum Gasteiger partial charge on any atom is -0.347 e. The number of anilines is 1. The van der Waals surface area contributed by atoms with E-state index in [1.807, 2.05) is 40.5 Å². The SMILES string of the molecule is O=C(NCC(F)(F)F)C1CCCN(c2nc(-c3ccccc3)ns2)C1. The second-order valence-corrected chi connectivity index (χ2v) is 6.62. The predicted octanol–water partition coefficient (Wildman–Crippen LogP) is 3.10. The molecule has 1 unspecified atom stereocenters. The van der Waals surface area contributed by atoms with Crippen LogP contribution in [0.1, 0.15) is 12.8 Å². The summed E-state index contributed by atoms with van der Waals surface area (Å²) in [6.45, 7) is -0.223. The zero-order valence-corrected chi connectivity index (χ0v) is 14.1. The maximum atomic E-state index is 12.2. The highest BCUT2D eigenvalue weighted by molar-refractivity contribution is 7.09. The van der Waals surface area contributed by atoms with Gasteiger partial charge in [0.05, 0.1) is 5.92 Å². The van der Waals surface area contributed by atoms with E-state index in [1.54, 1.807) is 0 Å². The Balaban J connectivity index is 1.64. The topological polar surface area (TPSA) is 58.1 Å². The molecule has 0 spiro atoms. The van der Waals surface area contributed by atoms with E-state index in [9.17, 15) is 18.0 Å². The van der Waals surface area contributed by atoms with Gasteiger partial charge in [0.1, 0.15) is 6.54 Å². The van der Waals surface area contributed by atoms with E-state index in [0.29, 0.717) is 30.5 Å². The van der Waals surface area contributed by atoms with Gasteiger partial charge in [0.15, 0.2) is 5.82 Å². The molecule has 1 aromatic carbocycles. The lowest BCUT2D eigenvalue weighted by Gasteiger charge is -2.31. The number of aromatic nitrogens is 2. The summed E-state index contributed by atoms with van der Waals surface area (Å²) in [5.74, 6) is -0.417. The van der Waals surface area contributed by atoms with E-state index in [-0.39, 0.29) is 0 Å². The molecule has 2 heterocycles. The van der Waals surface area contributed by atoms with E-state index in [1.165, 1.54) is 11.5 Å². The van der Waals surface area contributed by atoms with Crippen LogP contribution in [0, 0.1) is 5.92 Å². The molecule has 25 heavy (non-hydrogen) atoms. The Kier molecular flexibility index (Phi) is 5.22. The molecule has 5 nitrogen and oxygen atoms in total. The minimum absolute atomic E-state index is 0.354. The molecule has 1 aliphatic heterocycles. The van der Waals surface area contributed by atoms with Gasteiger partial charge in [0.25, 0.3) is 0 Å². The molecule has 1 aromatic heterocycles. The third kappa shape index (κ3) is 4.68. The average Bonchev–Trinajstić information content (AvgIpc) is 3.10. The summed E-state index contributed by atoms with van der Waals surface area (Å²) in [5, 5.41) is 2.66. The number of alkyl halides is 3. The Hall–Kier alpha value is -2.16. The van der Waals surface area contributed by atoms with E-state index < -0.39 is 24.5 Å². The zero-order valence-electron chi connectivity index (χ0n) is 13.3. The van der Waals surface area contributed by atoms with Crippen LogP contribution < -0.4 is 10.2 Å². The molecule has 9 heteroatoms. The lowest BCUT2D eigenvalue weighted by Crippen LogP contribution is -2.45. The van der Waals surface area contributed by atoms with Gasteiger partial charge < -0.3 is 10.2 Å². The number of hydrogen-bond donors (Lipinski definition) is 1. The van der Waals surface area contributed by atoms with Crippen LogP contribution in [0.5, 0.6) is 0 Å². The van der Waals surface area contributed by atoms with Gasteiger partial charge in [-0.2, -0.15) is 22.5 Å². The van der Waals surface area contributed by atoms with Crippen LogP contribution in [0.4, 0.5) is 18.3 Å². The van der Waals surface area contributed by atoms with Crippen LogP contribution in [0.25, 0.3) is 11.4 Å². The quantitative estimate of drug-likeness (QED) is 0.899. The molecule has 0 aliphatic carbocycles. The number of amides is 1. The van der Waals surface area contributed by atoms with E-state index in [4.69, 9.17) is 0 Å². The fraction of sp³-hybridized carbons (Fsp3) is 0.438. The van der Waals surface area contributed by atoms with Crippen molar-refractivity contribution in [3.8, 4) is 11.4 Å². The molecule has 134 valence electrons. The summed E-state index contributed by atoms with van der Waals surface area (Å²) in [6.07, 6.45) is -3.09. The molecule has 0 saturated carbocycles. The summed E-state index contributed by atoms with van der Waals surface area (Å²) in [7, 11) is 0. The lowest BCUT2D eigenvalue weighted by molar-refractivity contribution is -0.140. The van der Waals surface area contributed by atoms with Crippen LogP contribution in [-0.4, -0.2) is 41.1 Å². The van der Waals surface area contributed by atoms with E-state index in [0.717, 1.165) is 12.0 Å². The number of hydrogen-bond acceptors (Lipinski definition) is 5. The largest absolute Gasteiger partial charge is 0.405 e. The average molecular weight is 370 g/mol. The van der Waals surface area contributed by atoms with Gasteiger partial charge in [-0.25, -0.2) is 0 Å². The van der Waals surface area contributed by atoms with Gasteiger partial charge in [-0.15, -0.1) is 0 Å². The molecule has 1 atom stereocenters. The number of rotatable bonds is 4. The van der Waals surface area contributed by atoms with E-state index in [2.05, 4.69) is 9.36 Å². The van der Waals surface area contributed by atoms with Crippen LogP contribution in [-0.2, 0) is 4.79 Å². The number of carbonyl (C=O) groups excluding carboxylic acids is 1. The first-order chi connectivity index (χ1) is 11.9. The fourth-order valence-corrected chi connectivity index (χ4v) is 3.47. The van der Waals surface area contributed by atoms with Crippen LogP contribution >= 0.6 is 11.5 Å². The van der Waals surface area contributed by atoms with Crippen molar-refractivity contribution in [2.24, 2.45) is 5.92 Å².